The second kappa shape index (κ2) is 3.41. The third-order valence-corrected chi connectivity index (χ3v) is 2.57. The summed E-state index contributed by atoms with van der Waals surface area (Å²) >= 11 is 0. The molecule has 82 valence electrons. The second-order valence-corrected chi connectivity index (χ2v) is 3.64. The van der Waals surface area contributed by atoms with Gasteiger partial charge in [-0.15, -0.1) is 0 Å². The standard InChI is InChI=1S/C10H11F3N2/c11-10(12,13)8-4-3-7-2-1-5-15(14)9(7)6-8/h3-4,6H,1-2,5,14H2. The van der Waals surface area contributed by atoms with Crippen LogP contribution in [0.15, 0.2) is 18.2 Å². The van der Waals surface area contributed by atoms with Crippen molar-refractivity contribution in [3.05, 3.63) is 29.3 Å². The molecular formula is C10H11F3N2. The molecule has 0 saturated heterocycles. The van der Waals surface area contributed by atoms with Gasteiger partial charge in [0.1, 0.15) is 0 Å². The molecule has 0 radical (unpaired) electrons. The molecule has 1 aromatic rings. The maximum absolute atomic E-state index is 12.4. The van der Waals surface area contributed by atoms with Crippen LogP contribution in [0.1, 0.15) is 17.5 Å². The fourth-order valence-electron chi connectivity index (χ4n) is 1.78. The number of aryl methyl sites for hydroxylation is 1. The molecule has 1 aliphatic heterocycles. The zero-order chi connectivity index (χ0) is 11.1. The monoisotopic (exact) mass is 216 g/mol. The maximum Gasteiger partial charge on any atom is 0.416 e. The van der Waals surface area contributed by atoms with E-state index in [4.69, 9.17) is 5.84 Å². The fourth-order valence-corrected chi connectivity index (χ4v) is 1.78. The number of hydrogen-bond donors (Lipinski definition) is 1. The van der Waals surface area contributed by atoms with Gasteiger partial charge < -0.3 is 5.01 Å². The van der Waals surface area contributed by atoms with E-state index in [1.807, 2.05) is 0 Å². The Kier molecular flexibility index (Phi) is 2.34. The van der Waals surface area contributed by atoms with Gasteiger partial charge >= 0.3 is 6.18 Å². The zero-order valence-corrected chi connectivity index (χ0v) is 8.01. The molecule has 0 bridgehead atoms. The number of anilines is 1. The van der Waals surface area contributed by atoms with Crippen LogP contribution in [0.25, 0.3) is 0 Å². The number of alkyl halides is 3. The van der Waals surface area contributed by atoms with E-state index >= 15 is 0 Å². The summed E-state index contributed by atoms with van der Waals surface area (Å²) in [4.78, 5) is 0. The molecule has 15 heavy (non-hydrogen) atoms. The summed E-state index contributed by atoms with van der Waals surface area (Å²) in [7, 11) is 0. The summed E-state index contributed by atoms with van der Waals surface area (Å²) in [5.74, 6) is 5.62. The van der Waals surface area contributed by atoms with E-state index in [2.05, 4.69) is 0 Å². The molecule has 5 heteroatoms. The van der Waals surface area contributed by atoms with Crippen molar-refractivity contribution in [2.45, 2.75) is 19.0 Å². The summed E-state index contributed by atoms with van der Waals surface area (Å²) in [6.45, 7) is 0.605. The van der Waals surface area contributed by atoms with Crippen LogP contribution in [0.2, 0.25) is 0 Å². The number of fused-ring (bicyclic) bond motifs is 1. The van der Waals surface area contributed by atoms with Gasteiger partial charge in [0.15, 0.2) is 0 Å². The van der Waals surface area contributed by atoms with E-state index in [0.29, 0.717) is 12.2 Å². The Morgan fingerprint density at radius 2 is 2.00 bits per heavy atom. The van der Waals surface area contributed by atoms with Crippen molar-refractivity contribution in [1.82, 2.24) is 0 Å². The van der Waals surface area contributed by atoms with Gasteiger partial charge in [-0.2, -0.15) is 13.2 Å². The van der Waals surface area contributed by atoms with Crippen LogP contribution in [0, 0.1) is 0 Å². The summed E-state index contributed by atoms with van der Waals surface area (Å²) < 4.78 is 37.3. The van der Waals surface area contributed by atoms with Crippen molar-refractivity contribution in [3.63, 3.8) is 0 Å². The minimum Gasteiger partial charge on any atom is -0.311 e. The van der Waals surface area contributed by atoms with Crippen LogP contribution in [0.5, 0.6) is 0 Å². The Hall–Kier alpha value is -1.23. The molecule has 0 fully saturated rings. The quantitative estimate of drug-likeness (QED) is 0.674. The van der Waals surface area contributed by atoms with Crippen LogP contribution < -0.4 is 10.9 Å². The summed E-state index contributed by atoms with van der Waals surface area (Å²) in [5, 5.41) is 1.38. The SMILES string of the molecule is NN1CCCc2ccc(C(F)(F)F)cc21. The lowest BCUT2D eigenvalue weighted by molar-refractivity contribution is -0.137. The van der Waals surface area contributed by atoms with Crippen molar-refractivity contribution >= 4 is 5.69 Å². The Morgan fingerprint density at radius 1 is 1.27 bits per heavy atom. The van der Waals surface area contributed by atoms with Crippen molar-refractivity contribution < 1.29 is 13.2 Å². The lowest BCUT2D eigenvalue weighted by Crippen LogP contribution is -2.35. The molecule has 0 spiro atoms. The lowest BCUT2D eigenvalue weighted by Gasteiger charge is -2.27. The third kappa shape index (κ3) is 1.92. The number of halogens is 3. The average Bonchev–Trinajstić information content (AvgIpc) is 2.16. The van der Waals surface area contributed by atoms with E-state index in [1.165, 1.54) is 11.1 Å². The summed E-state index contributed by atoms with van der Waals surface area (Å²) in [6, 6.07) is 3.74. The Morgan fingerprint density at radius 3 is 2.67 bits per heavy atom. The van der Waals surface area contributed by atoms with Gasteiger partial charge in [0.25, 0.3) is 0 Å². The predicted molar refractivity (Wildman–Crippen MR) is 51.3 cm³/mol. The smallest absolute Gasteiger partial charge is 0.311 e. The van der Waals surface area contributed by atoms with Gasteiger partial charge in [-0.1, -0.05) is 6.07 Å². The molecule has 1 heterocycles. The molecule has 0 aromatic heterocycles. The average molecular weight is 216 g/mol. The van der Waals surface area contributed by atoms with E-state index in [-0.39, 0.29) is 0 Å². The van der Waals surface area contributed by atoms with Crippen LogP contribution in [-0.2, 0) is 12.6 Å². The highest BCUT2D eigenvalue weighted by molar-refractivity contribution is 5.56. The Labute approximate surface area is 85.5 Å². The van der Waals surface area contributed by atoms with Gasteiger partial charge in [-0.25, -0.2) is 5.84 Å². The number of rotatable bonds is 0. The normalized spacial score (nSPS) is 16.4. The minimum atomic E-state index is -4.30. The van der Waals surface area contributed by atoms with E-state index in [0.717, 1.165) is 30.5 Å². The van der Waals surface area contributed by atoms with Gasteiger partial charge in [0.05, 0.1) is 11.3 Å². The molecule has 1 aromatic carbocycles. The number of hydrazine groups is 1. The van der Waals surface area contributed by atoms with Crippen molar-refractivity contribution in [2.75, 3.05) is 11.6 Å². The van der Waals surface area contributed by atoms with Crippen molar-refractivity contribution in [3.8, 4) is 0 Å². The minimum absolute atomic E-state index is 0.496. The number of benzene rings is 1. The first-order valence-corrected chi connectivity index (χ1v) is 4.71. The Bertz CT molecular complexity index is 373. The molecule has 0 unspecified atom stereocenters. The second-order valence-electron chi connectivity index (χ2n) is 3.64. The van der Waals surface area contributed by atoms with Crippen LogP contribution in [0.4, 0.5) is 18.9 Å². The molecule has 2 rings (SSSR count). The number of hydrogen-bond acceptors (Lipinski definition) is 2. The summed E-state index contributed by atoms with van der Waals surface area (Å²) in [6.07, 6.45) is -2.62. The molecular weight excluding hydrogens is 205 g/mol. The number of nitrogens with zero attached hydrogens (tertiary/aromatic N) is 1. The first kappa shape index (κ1) is 10.3. The number of nitrogens with two attached hydrogens (primary N) is 1. The first-order valence-electron chi connectivity index (χ1n) is 4.71. The van der Waals surface area contributed by atoms with Crippen molar-refractivity contribution in [2.24, 2.45) is 5.84 Å². The first-order chi connectivity index (χ1) is 6.98. The molecule has 0 amide bonds. The highest BCUT2D eigenvalue weighted by Crippen LogP contribution is 2.34. The van der Waals surface area contributed by atoms with Gasteiger partial charge in [-0.3, -0.25) is 0 Å². The molecule has 0 atom stereocenters. The molecule has 0 aliphatic carbocycles. The third-order valence-electron chi connectivity index (χ3n) is 2.57. The van der Waals surface area contributed by atoms with Crippen LogP contribution >= 0.6 is 0 Å². The van der Waals surface area contributed by atoms with Gasteiger partial charge in [0, 0.05) is 6.54 Å². The fraction of sp³-hybridized carbons (Fsp3) is 0.400. The molecule has 1 aliphatic rings. The molecule has 0 saturated carbocycles. The molecule has 2 nitrogen and oxygen atoms in total. The molecule has 2 N–H and O–H groups in total. The highest BCUT2D eigenvalue weighted by atomic mass is 19.4. The van der Waals surface area contributed by atoms with E-state index in [1.54, 1.807) is 0 Å². The van der Waals surface area contributed by atoms with Gasteiger partial charge in [-0.05, 0) is 30.5 Å². The topological polar surface area (TPSA) is 29.3 Å². The largest absolute Gasteiger partial charge is 0.416 e. The maximum atomic E-state index is 12.4. The van der Waals surface area contributed by atoms with Crippen LogP contribution in [0.3, 0.4) is 0 Å². The van der Waals surface area contributed by atoms with E-state index in [9.17, 15) is 13.2 Å². The van der Waals surface area contributed by atoms with Gasteiger partial charge in [0.2, 0.25) is 0 Å². The highest BCUT2D eigenvalue weighted by Gasteiger charge is 2.31. The predicted octanol–water partition coefficient (Wildman–Crippen LogP) is 2.33. The van der Waals surface area contributed by atoms with E-state index < -0.39 is 11.7 Å². The summed E-state index contributed by atoms with van der Waals surface area (Å²) in [5.41, 5.74) is 0.742. The Balaban J connectivity index is 2.44. The van der Waals surface area contributed by atoms with Crippen LogP contribution in [-0.4, -0.2) is 6.54 Å². The lowest BCUT2D eigenvalue weighted by atomic mass is 10.0. The zero-order valence-electron chi connectivity index (χ0n) is 8.01. The van der Waals surface area contributed by atoms with Crippen molar-refractivity contribution in [1.29, 1.82) is 0 Å².